The van der Waals surface area contributed by atoms with Crippen molar-refractivity contribution in [3.05, 3.63) is 29.8 Å². The molecule has 1 aromatic carbocycles. The molecule has 0 aromatic heterocycles. The summed E-state index contributed by atoms with van der Waals surface area (Å²) in [5, 5.41) is 14.5. The second-order valence-corrected chi connectivity index (χ2v) is 8.59. The van der Waals surface area contributed by atoms with Crippen molar-refractivity contribution in [1.29, 1.82) is 0 Å². The Bertz CT molecular complexity index is 792. The Hall–Kier alpha value is -2.39. The van der Waals surface area contributed by atoms with Gasteiger partial charge in [0.25, 0.3) is 0 Å². The van der Waals surface area contributed by atoms with Crippen LogP contribution >= 0.6 is 0 Å². The van der Waals surface area contributed by atoms with E-state index >= 15 is 0 Å². The van der Waals surface area contributed by atoms with Crippen LogP contribution in [0, 0.1) is 0 Å². The minimum Gasteiger partial charge on any atom is -0.480 e. The van der Waals surface area contributed by atoms with E-state index < -0.39 is 42.3 Å². The third-order valence-electron chi connectivity index (χ3n) is 5.87. The quantitative estimate of drug-likeness (QED) is 0.593. The van der Waals surface area contributed by atoms with E-state index in [-0.39, 0.29) is 18.7 Å². The Morgan fingerprint density at radius 3 is 2.28 bits per heavy atom. The summed E-state index contributed by atoms with van der Waals surface area (Å²) in [6.07, 6.45) is 0.779. The van der Waals surface area contributed by atoms with Gasteiger partial charge in [-0.3, -0.25) is 9.59 Å². The van der Waals surface area contributed by atoms with Gasteiger partial charge in [0.15, 0.2) is 0 Å². The van der Waals surface area contributed by atoms with Crippen LogP contribution in [0.25, 0.3) is 0 Å². The van der Waals surface area contributed by atoms with Gasteiger partial charge in [-0.2, -0.15) is 0 Å². The van der Waals surface area contributed by atoms with Gasteiger partial charge in [0, 0.05) is 12.8 Å². The average Bonchev–Trinajstić information content (AvgIpc) is 3.15. The van der Waals surface area contributed by atoms with Crippen molar-refractivity contribution < 1.29 is 28.8 Å². The Morgan fingerprint density at radius 1 is 1.21 bits per heavy atom. The number of carbonyl (C=O) groups excluding carboxylic acids is 2. The number of carboxylic acids is 1. The molecule has 29 heavy (non-hydrogen) atoms. The lowest BCUT2D eigenvalue weighted by atomic mass is 9.78. The molecule has 2 heterocycles. The molecule has 3 N–H and O–H groups in total. The summed E-state index contributed by atoms with van der Waals surface area (Å²) in [5.74, 6) is -1.80. The second-order valence-electron chi connectivity index (χ2n) is 8.59. The number of carboxylic acid groups (broad SMARTS) is 1. The fraction of sp³-hybridized carbons (Fsp3) is 0.550. The normalized spacial score (nSPS) is 23.5. The Kier molecular flexibility index (Phi) is 5.73. The summed E-state index contributed by atoms with van der Waals surface area (Å²) in [6, 6.07) is 5.54. The molecule has 2 amide bonds. The maximum absolute atomic E-state index is 12.2. The van der Waals surface area contributed by atoms with E-state index in [9.17, 15) is 19.5 Å². The lowest BCUT2D eigenvalue weighted by Crippen LogP contribution is -2.49. The van der Waals surface area contributed by atoms with Crippen LogP contribution in [-0.2, 0) is 30.1 Å². The molecule has 0 saturated carbocycles. The molecule has 3 rings (SSSR count). The zero-order chi connectivity index (χ0) is 21.4. The monoisotopic (exact) mass is 402 g/mol. The van der Waals surface area contributed by atoms with Gasteiger partial charge in [-0.25, -0.2) is 4.79 Å². The molecule has 156 valence electrons. The average molecular weight is 402 g/mol. The van der Waals surface area contributed by atoms with Crippen molar-refractivity contribution in [2.75, 3.05) is 0 Å². The molecule has 2 saturated heterocycles. The number of carbonyl (C=O) groups is 3. The minimum absolute atomic E-state index is 0.130. The molecular formula is C20H27BN2O6. The van der Waals surface area contributed by atoms with Crippen LogP contribution < -0.4 is 16.1 Å². The smallest absolute Gasteiger partial charge is 0.480 e. The highest BCUT2D eigenvalue weighted by molar-refractivity contribution is 6.62. The summed E-state index contributed by atoms with van der Waals surface area (Å²) in [4.78, 5) is 35.1. The highest BCUT2D eigenvalue weighted by Crippen LogP contribution is 2.36. The van der Waals surface area contributed by atoms with Gasteiger partial charge < -0.3 is 25.0 Å². The Morgan fingerprint density at radius 2 is 1.79 bits per heavy atom. The third-order valence-corrected chi connectivity index (χ3v) is 5.87. The van der Waals surface area contributed by atoms with Crippen LogP contribution in [0.1, 0.15) is 46.1 Å². The molecular weight excluding hydrogens is 375 g/mol. The van der Waals surface area contributed by atoms with Gasteiger partial charge >= 0.3 is 13.1 Å². The van der Waals surface area contributed by atoms with Crippen molar-refractivity contribution in [2.45, 2.75) is 70.2 Å². The molecule has 8 nitrogen and oxygen atoms in total. The van der Waals surface area contributed by atoms with E-state index in [4.69, 9.17) is 9.31 Å². The Balaban J connectivity index is 1.63. The summed E-state index contributed by atoms with van der Waals surface area (Å²) in [6.45, 7) is 7.92. The number of nitrogens with one attached hydrogen (secondary N) is 2. The number of rotatable bonds is 6. The van der Waals surface area contributed by atoms with Gasteiger partial charge in [-0.15, -0.1) is 0 Å². The number of benzene rings is 1. The molecule has 2 aliphatic heterocycles. The highest BCUT2D eigenvalue weighted by Gasteiger charge is 2.51. The lowest BCUT2D eigenvalue weighted by Gasteiger charge is -2.32. The van der Waals surface area contributed by atoms with Crippen LogP contribution in [0.2, 0.25) is 0 Å². The number of hydrogen-bond donors (Lipinski definition) is 3. The van der Waals surface area contributed by atoms with Crippen molar-refractivity contribution in [1.82, 2.24) is 10.6 Å². The summed E-state index contributed by atoms with van der Waals surface area (Å²) in [7, 11) is -0.491. The predicted molar refractivity (Wildman–Crippen MR) is 107 cm³/mol. The first-order valence-corrected chi connectivity index (χ1v) is 9.75. The van der Waals surface area contributed by atoms with Crippen LogP contribution in [0.15, 0.2) is 24.3 Å². The van der Waals surface area contributed by atoms with Crippen molar-refractivity contribution in [3.63, 3.8) is 0 Å². The lowest BCUT2D eigenvalue weighted by molar-refractivity contribution is -0.142. The number of aliphatic carboxylic acids is 1. The van der Waals surface area contributed by atoms with E-state index in [1.807, 2.05) is 39.8 Å². The van der Waals surface area contributed by atoms with E-state index in [1.54, 1.807) is 12.1 Å². The van der Waals surface area contributed by atoms with Gasteiger partial charge in [0.05, 0.1) is 11.2 Å². The first-order valence-electron chi connectivity index (χ1n) is 9.75. The largest absolute Gasteiger partial charge is 0.494 e. The van der Waals surface area contributed by atoms with E-state index in [0.717, 1.165) is 11.0 Å². The zero-order valence-corrected chi connectivity index (χ0v) is 17.2. The molecule has 2 fully saturated rings. The van der Waals surface area contributed by atoms with Gasteiger partial charge in [-0.05, 0) is 45.1 Å². The van der Waals surface area contributed by atoms with Crippen LogP contribution in [0.4, 0.5) is 0 Å². The van der Waals surface area contributed by atoms with E-state index in [2.05, 4.69) is 10.6 Å². The van der Waals surface area contributed by atoms with Gasteiger partial charge in [0.2, 0.25) is 11.8 Å². The number of hydrogen-bond acceptors (Lipinski definition) is 5. The summed E-state index contributed by atoms with van der Waals surface area (Å²) < 4.78 is 12.0. The molecule has 1 aromatic rings. The second kappa shape index (κ2) is 7.80. The molecule has 0 unspecified atom stereocenters. The summed E-state index contributed by atoms with van der Waals surface area (Å²) in [5.41, 5.74) is 0.723. The van der Waals surface area contributed by atoms with Crippen molar-refractivity contribution >= 4 is 30.4 Å². The highest BCUT2D eigenvalue weighted by atomic mass is 16.7. The minimum atomic E-state index is -1.13. The molecule has 0 radical (unpaired) electrons. The summed E-state index contributed by atoms with van der Waals surface area (Å²) >= 11 is 0. The molecule has 0 aliphatic carbocycles. The number of amides is 2. The van der Waals surface area contributed by atoms with Gasteiger partial charge in [-0.1, -0.05) is 24.3 Å². The fourth-order valence-corrected chi connectivity index (χ4v) is 3.31. The first kappa shape index (κ1) is 21.3. The van der Waals surface area contributed by atoms with E-state index in [0.29, 0.717) is 6.42 Å². The van der Waals surface area contributed by atoms with Crippen LogP contribution in [0.5, 0.6) is 0 Å². The third kappa shape index (κ3) is 4.62. The van der Waals surface area contributed by atoms with Crippen molar-refractivity contribution in [2.24, 2.45) is 0 Å². The molecule has 0 bridgehead atoms. The molecule has 2 aliphatic rings. The zero-order valence-electron chi connectivity index (χ0n) is 17.2. The topological polar surface area (TPSA) is 114 Å². The maximum atomic E-state index is 12.2. The standard InChI is InChI=1S/C20H27BN2O6/c1-19(2)20(3,4)29-21(28-19)13-7-5-12(6-8-13)11-15(18(26)27)23-17(25)14-9-10-16(24)22-14/h5-8,14-15H,9-11H2,1-4H3,(H,22,24)(H,23,25)(H,26,27)/t14-,15+/m1/s1. The fourth-order valence-electron chi connectivity index (χ4n) is 3.31. The van der Waals surface area contributed by atoms with Crippen LogP contribution in [-0.4, -0.2) is 53.3 Å². The molecule has 0 spiro atoms. The SMILES string of the molecule is CC1(C)OB(c2ccc(C[C@H](NC(=O)[C@H]3CCC(=O)N3)C(=O)O)cc2)OC1(C)C. The van der Waals surface area contributed by atoms with E-state index in [1.165, 1.54) is 0 Å². The van der Waals surface area contributed by atoms with Crippen LogP contribution in [0.3, 0.4) is 0 Å². The molecule has 2 atom stereocenters. The predicted octanol–water partition coefficient (Wildman–Crippen LogP) is 0.376. The van der Waals surface area contributed by atoms with Gasteiger partial charge in [0.1, 0.15) is 12.1 Å². The molecule has 9 heteroatoms. The van der Waals surface area contributed by atoms with Crippen molar-refractivity contribution in [3.8, 4) is 0 Å². The first-order chi connectivity index (χ1) is 13.5. The maximum Gasteiger partial charge on any atom is 0.494 e. The Labute approximate surface area is 170 Å².